The van der Waals surface area contributed by atoms with Gasteiger partial charge in [-0.05, 0) is 12.1 Å². The molecule has 12 nitrogen and oxygen atoms in total. The summed E-state index contributed by atoms with van der Waals surface area (Å²) in [6, 6.07) is 9.13. The van der Waals surface area contributed by atoms with Crippen molar-refractivity contribution < 1.29 is 23.9 Å². The molecular weight excluding hydrogens is 635 g/mol. The summed E-state index contributed by atoms with van der Waals surface area (Å²) in [5.41, 5.74) is 4.07. The van der Waals surface area contributed by atoms with Gasteiger partial charge in [0.2, 0.25) is 0 Å². The first-order chi connectivity index (χ1) is 22.3. The molecule has 14 heteroatoms. The number of ether oxygens (including phenoxy) is 4. The Morgan fingerprint density at radius 1 is 0.891 bits per heavy atom. The van der Waals surface area contributed by atoms with Crippen molar-refractivity contribution in [2.45, 2.75) is 6.04 Å². The fourth-order valence-corrected chi connectivity index (χ4v) is 6.94. The van der Waals surface area contributed by atoms with E-state index in [1.807, 2.05) is 22.7 Å². The van der Waals surface area contributed by atoms with E-state index in [-0.39, 0.29) is 10.6 Å². The van der Waals surface area contributed by atoms with Gasteiger partial charge >= 0.3 is 0 Å². The largest absolute Gasteiger partial charge is 0.496 e. The number of nitro groups is 1. The Morgan fingerprint density at radius 3 is 2.20 bits per heavy atom. The second-order valence-corrected chi connectivity index (χ2v) is 11.9. The molecule has 46 heavy (non-hydrogen) atoms. The molecule has 0 N–H and O–H groups in total. The van der Waals surface area contributed by atoms with E-state index < -0.39 is 0 Å². The van der Waals surface area contributed by atoms with Crippen LogP contribution in [0.15, 0.2) is 48.9 Å². The average molecular weight is 666 g/mol. The molecule has 2 fully saturated rings. The van der Waals surface area contributed by atoms with Gasteiger partial charge in [0.15, 0.2) is 0 Å². The number of halogens is 2. The van der Waals surface area contributed by atoms with E-state index in [4.69, 9.17) is 47.1 Å². The number of methoxy groups -OCH3 is 3. The van der Waals surface area contributed by atoms with Crippen LogP contribution in [0.5, 0.6) is 17.2 Å². The maximum atomic E-state index is 12.4. The van der Waals surface area contributed by atoms with Crippen molar-refractivity contribution in [2.24, 2.45) is 0 Å². The Kier molecular flexibility index (Phi) is 7.97. The molecule has 0 atom stereocenters. The predicted molar refractivity (Wildman–Crippen MR) is 176 cm³/mol. The maximum Gasteiger partial charge on any atom is 0.293 e. The standard InChI is InChI=1S/C32H30Cl2N6O6/c1-43-26-13-24(38-8-6-37(7-9-38)19-16-46-17-19)25(40(41)42)11-20(26)22-12-23-18(15-36-22)10-21(32-35-4-5-39(23)32)29-30(33)27(44-2)14-28(45-3)31(29)34/h4-5,10-15,19H,6-9,16-17H2,1-3H3. The monoisotopic (exact) mass is 664 g/mol. The van der Waals surface area contributed by atoms with Gasteiger partial charge in [0.25, 0.3) is 5.69 Å². The third-order valence-corrected chi connectivity index (χ3v) is 9.51. The van der Waals surface area contributed by atoms with E-state index in [9.17, 15) is 10.1 Å². The molecule has 2 aliphatic rings. The smallest absolute Gasteiger partial charge is 0.293 e. The number of rotatable bonds is 8. The maximum absolute atomic E-state index is 12.4. The Bertz CT molecular complexity index is 1960. The van der Waals surface area contributed by atoms with Gasteiger partial charge in [0.1, 0.15) is 28.6 Å². The summed E-state index contributed by atoms with van der Waals surface area (Å²) in [4.78, 5) is 25.8. The molecule has 5 aromatic rings. The van der Waals surface area contributed by atoms with Crippen molar-refractivity contribution in [3.8, 4) is 39.6 Å². The second-order valence-electron chi connectivity index (χ2n) is 11.1. The lowest BCUT2D eigenvalue weighted by molar-refractivity contribution is -0.384. The highest BCUT2D eigenvalue weighted by molar-refractivity contribution is 6.41. The van der Waals surface area contributed by atoms with Gasteiger partial charge in [-0.25, -0.2) is 4.98 Å². The highest BCUT2D eigenvalue weighted by Gasteiger charge is 2.32. The Hall–Kier alpha value is -4.36. The van der Waals surface area contributed by atoms with Crippen LogP contribution in [0.3, 0.4) is 0 Å². The van der Waals surface area contributed by atoms with Gasteiger partial charge in [-0.1, -0.05) is 23.2 Å². The topological polar surface area (TPSA) is 117 Å². The number of nitrogens with zero attached hydrogens (tertiary/aromatic N) is 6. The van der Waals surface area contributed by atoms with E-state index in [2.05, 4.69) is 14.8 Å². The lowest BCUT2D eigenvalue weighted by Crippen LogP contribution is -2.56. The molecule has 0 spiro atoms. The number of nitro benzene ring substituents is 1. The quantitative estimate of drug-likeness (QED) is 0.145. The van der Waals surface area contributed by atoms with Crippen molar-refractivity contribution in [1.82, 2.24) is 19.3 Å². The number of imidazole rings is 1. The molecule has 5 heterocycles. The van der Waals surface area contributed by atoms with E-state index in [0.29, 0.717) is 80.1 Å². The number of aromatic nitrogens is 3. The second kappa shape index (κ2) is 12.1. The zero-order chi connectivity index (χ0) is 32.1. The number of benzene rings is 2. The first-order valence-electron chi connectivity index (χ1n) is 14.6. The van der Waals surface area contributed by atoms with Crippen LogP contribution in [0.4, 0.5) is 11.4 Å². The number of anilines is 1. The van der Waals surface area contributed by atoms with E-state index in [0.717, 1.165) is 37.2 Å². The Balaban J connectivity index is 1.32. The fourth-order valence-electron chi connectivity index (χ4n) is 6.23. The lowest BCUT2D eigenvalue weighted by atomic mass is 10.0. The van der Waals surface area contributed by atoms with Crippen LogP contribution in [0.2, 0.25) is 10.0 Å². The van der Waals surface area contributed by atoms with Crippen LogP contribution in [-0.2, 0) is 4.74 Å². The summed E-state index contributed by atoms with van der Waals surface area (Å²) in [6.07, 6.45) is 5.20. The summed E-state index contributed by atoms with van der Waals surface area (Å²) in [6.45, 7) is 4.44. The zero-order valence-corrected chi connectivity index (χ0v) is 26.8. The number of pyridine rings is 2. The number of piperazine rings is 1. The Morgan fingerprint density at radius 2 is 1.59 bits per heavy atom. The molecule has 0 amide bonds. The fraction of sp³-hybridized carbons (Fsp3) is 0.312. The Labute approximate surface area is 274 Å². The van der Waals surface area contributed by atoms with Crippen LogP contribution >= 0.6 is 23.2 Å². The molecule has 2 saturated heterocycles. The summed E-state index contributed by atoms with van der Waals surface area (Å²) in [5.74, 6) is 1.30. The first kappa shape index (κ1) is 30.3. The highest BCUT2D eigenvalue weighted by Crippen LogP contribution is 2.48. The van der Waals surface area contributed by atoms with E-state index in [1.165, 1.54) is 14.2 Å². The minimum absolute atomic E-state index is 0.00231. The summed E-state index contributed by atoms with van der Waals surface area (Å²) < 4.78 is 24.0. The van der Waals surface area contributed by atoms with Crippen LogP contribution in [0.1, 0.15) is 0 Å². The summed E-state index contributed by atoms with van der Waals surface area (Å²) in [7, 11) is 4.60. The molecule has 0 radical (unpaired) electrons. The molecular formula is C32H30Cl2N6O6. The van der Waals surface area contributed by atoms with E-state index in [1.54, 1.807) is 37.7 Å². The number of fused-ring (bicyclic) bond motifs is 3. The number of hydrogen-bond acceptors (Lipinski definition) is 10. The summed E-state index contributed by atoms with van der Waals surface area (Å²) >= 11 is 13.6. The molecule has 0 unspecified atom stereocenters. The van der Waals surface area contributed by atoms with Gasteiger partial charge < -0.3 is 23.8 Å². The van der Waals surface area contributed by atoms with Gasteiger partial charge in [-0.2, -0.15) is 0 Å². The van der Waals surface area contributed by atoms with Crippen LogP contribution in [0, 0.1) is 10.1 Å². The van der Waals surface area contributed by atoms with Crippen LogP contribution < -0.4 is 19.1 Å². The minimum atomic E-state index is -0.346. The molecule has 0 saturated carbocycles. The highest BCUT2D eigenvalue weighted by atomic mass is 35.5. The van der Waals surface area contributed by atoms with Crippen molar-refractivity contribution in [2.75, 3.05) is 65.6 Å². The molecule has 238 valence electrons. The number of hydrogen-bond donors (Lipinski definition) is 0. The van der Waals surface area contributed by atoms with Gasteiger partial charge in [0.05, 0.1) is 66.8 Å². The van der Waals surface area contributed by atoms with Gasteiger partial charge in [-0.15, -0.1) is 0 Å². The first-order valence-corrected chi connectivity index (χ1v) is 15.4. The van der Waals surface area contributed by atoms with Gasteiger partial charge in [-0.3, -0.25) is 24.4 Å². The minimum Gasteiger partial charge on any atom is -0.496 e. The molecule has 7 rings (SSSR count). The zero-order valence-electron chi connectivity index (χ0n) is 25.3. The van der Waals surface area contributed by atoms with Crippen molar-refractivity contribution in [3.63, 3.8) is 0 Å². The van der Waals surface area contributed by atoms with Crippen molar-refractivity contribution in [1.29, 1.82) is 0 Å². The molecule has 3 aromatic heterocycles. The molecule has 0 aliphatic carbocycles. The van der Waals surface area contributed by atoms with Crippen molar-refractivity contribution in [3.05, 3.63) is 69.1 Å². The predicted octanol–water partition coefficient (Wildman–Crippen LogP) is 5.98. The van der Waals surface area contributed by atoms with Crippen LogP contribution in [-0.4, -0.2) is 91.0 Å². The molecule has 0 bridgehead atoms. The average Bonchev–Trinajstić information content (AvgIpc) is 3.54. The van der Waals surface area contributed by atoms with Gasteiger partial charge in [0, 0.05) is 85.0 Å². The molecule has 2 aliphatic heterocycles. The normalized spacial score (nSPS) is 15.7. The molecule has 2 aromatic carbocycles. The van der Waals surface area contributed by atoms with E-state index >= 15 is 0 Å². The summed E-state index contributed by atoms with van der Waals surface area (Å²) in [5, 5.41) is 13.8. The lowest BCUT2D eigenvalue weighted by Gasteiger charge is -2.43. The third-order valence-electron chi connectivity index (χ3n) is 8.76. The van der Waals surface area contributed by atoms with Crippen molar-refractivity contribution >= 4 is 51.1 Å². The SMILES string of the molecule is COc1cc(N2CCN(C3COC3)CC2)c([N+](=O)[O-])cc1-c1cc2c(cn1)cc(-c1c(Cl)c(OC)cc(OC)c1Cl)c1nccn12. The third kappa shape index (κ3) is 5.01. The van der Waals surface area contributed by atoms with Crippen LogP contribution in [0.25, 0.3) is 38.9 Å².